The fourth-order valence-electron chi connectivity index (χ4n) is 2.18. The Labute approximate surface area is 107 Å². The smallest absolute Gasteiger partial charge is 0.228 e. The van der Waals surface area contributed by atoms with Crippen LogP contribution in [0.15, 0.2) is 0 Å². The molecule has 3 heteroatoms. The molecule has 0 aliphatic carbocycles. The minimum atomic E-state index is -0.0591. The highest BCUT2D eigenvalue weighted by atomic mass is 35.5. The van der Waals surface area contributed by atoms with Gasteiger partial charge in [-0.3, -0.25) is 0 Å². The first-order valence-corrected chi connectivity index (χ1v) is 6.57. The molecule has 0 bridgehead atoms. The third-order valence-corrected chi connectivity index (χ3v) is 3.69. The Morgan fingerprint density at radius 2 is 1.38 bits per heavy atom. The summed E-state index contributed by atoms with van der Waals surface area (Å²) in [7, 11) is 0. The summed E-state index contributed by atoms with van der Waals surface area (Å²) >= 11 is 0. The minimum Gasteiger partial charge on any atom is -1.00 e. The van der Waals surface area contributed by atoms with Crippen molar-refractivity contribution in [2.45, 2.75) is 83.5 Å². The number of rotatable bonds is 8. The van der Waals surface area contributed by atoms with Gasteiger partial charge in [-0.15, -0.1) is 0 Å². The molecule has 1 unspecified atom stereocenters. The number of hydrogen-bond acceptors (Lipinski definition) is 1. The SMILES string of the molecule is CCCCCCCCCC1([NH3+])OC1(C)C.[Cl-]. The molecule has 3 N–H and O–H groups in total. The first kappa shape index (κ1) is 16.2. The fourth-order valence-corrected chi connectivity index (χ4v) is 2.18. The molecule has 1 atom stereocenters. The van der Waals surface area contributed by atoms with Crippen molar-refractivity contribution in [1.29, 1.82) is 0 Å². The van der Waals surface area contributed by atoms with Gasteiger partial charge in [0.15, 0.2) is 0 Å². The lowest BCUT2D eigenvalue weighted by Gasteiger charge is -2.05. The summed E-state index contributed by atoms with van der Waals surface area (Å²) in [6.45, 7) is 6.54. The number of quaternary nitrogens is 1. The second-order valence-corrected chi connectivity index (χ2v) is 5.48. The van der Waals surface area contributed by atoms with E-state index in [1.165, 1.54) is 44.9 Å². The summed E-state index contributed by atoms with van der Waals surface area (Å²) in [5.41, 5.74) is 4.14. The lowest BCUT2D eigenvalue weighted by Crippen LogP contribution is -3.00. The maximum absolute atomic E-state index is 5.63. The van der Waals surface area contributed by atoms with Gasteiger partial charge < -0.3 is 22.9 Å². The molecule has 1 heterocycles. The van der Waals surface area contributed by atoms with Crippen LogP contribution in [0.3, 0.4) is 0 Å². The molecule has 0 aromatic rings. The molecule has 1 fully saturated rings. The van der Waals surface area contributed by atoms with Crippen molar-refractivity contribution in [2.24, 2.45) is 0 Å². The van der Waals surface area contributed by atoms with E-state index in [0.717, 1.165) is 6.42 Å². The second-order valence-electron chi connectivity index (χ2n) is 5.48. The van der Waals surface area contributed by atoms with Gasteiger partial charge in [0.2, 0.25) is 5.72 Å². The Balaban J connectivity index is 0.00000225. The van der Waals surface area contributed by atoms with Crippen molar-refractivity contribution in [3.63, 3.8) is 0 Å². The van der Waals surface area contributed by atoms with Gasteiger partial charge in [-0.1, -0.05) is 45.4 Å². The first-order chi connectivity index (χ1) is 7.02. The zero-order valence-corrected chi connectivity index (χ0v) is 11.9. The minimum absolute atomic E-state index is 0. The molecule has 98 valence electrons. The molecule has 0 amide bonds. The highest BCUT2D eigenvalue weighted by Crippen LogP contribution is 2.44. The van der Waals surface area contributed by atoms with E-state index in [-0.39, 0.29) is 23.7 Å². The van der Waals surface area contributed by atoms with Crippen molar-refractivity contribution in [3.8, 4) is 0 Å². The molecule has 0 saturated carbocycles. The molecule has 1 aliphatic heterocycles. The number of halogens is 1. The van der Waals surface area contributed by atoms with Crippen LogP contribution in [0.5, 0.6) is 0 Å². The fraction of sp³-hybridized carbons (Fsp3) is 1.00. The Morgan fingerprint density at radius 3 is 1.81 bits per heavy atom. The maximum Gasteiger partial charge on any atom is 0.228 e. The quantitative estimate of drug-likeness (QED) is 0.473. The summed E-state index contributed by atoms with van der Waals surface area (Å²) in [6, 6.07) is 0. The Morgan fingerprint density at radius 1 is 0.938 bits per heavy atom. The van der Waals surface area contributed by atoms with Crippen molar-refractivity contribution in [2.75, 3.05) is 0 Å². The summed E-state index contributed by atoms with van der Waals surface area (Å²) in [5.74, 6) is 0. The van der Waals surface area contributed by atoms with Crippen LogP contribution < -0.4 is 18.1 Å². The average Bonchev–Trinajstić information content (AvgIpc) is 2.65. The monoisotopic (exact) mass is 249 g/mol. The van der Waals surface area contributed by atoms with E-state index in [4.69, 9.17) is 4.74 Å². The van der Waals surface area contributed by atoms with Crippen molar-refractivity contribution < 1.29 is 22.9 Å². The van der Waals surface area contributed by atoms with Crippen LogP contribution in [0, 0.1) is 0 Å². The Bertz CT molecular complexity index is 196. The van der Waals surface area contributed by atoms with Crippen LogP contribution >= 0.6 is 0 Å². The molecule has 1 aliphatic rings. The number of epoxide rings is 1. The van der Waals surface area contributed by atoms with E-state index < -0.39 is 0 Å². The molecule has 1 rings (SSSR count). The zero-order chi connectivity index (χ0) is 11.4. The van der Waals surface area contributed by atoms with E-state index >= 15 is 0 Å². The average molecular weight is 250 g/mol. The predicted molar refractivity (Wildman–Crippen MR) is 63.4 cm³/mol. The standard InChI is InChI=1S/C13H27NO.ClH/c1-4-5-6-7-8-9-10-11-13(14)12(2,3)15-13;/h4-11,14H2,1-3H3;1H. The second kappa shape index (κ2) is 6.83. The van der Waals surface area contributed by atoms with Crippen LogP contribution in [0.1, 0.15) is 72.1 Å². The van der Waals surface area contributed by atoms with Gasteiger partial charge in [-0.25, -0.2) is 0 Å². The largest absolute Gasteiger partial charge is 1.00 e. The van der Waals surface area contributed by atoms with Crippen LogP contribution in [0.4, 0.5) is 0 Å². The molecule has 0 spiro atoms. The third-order valence-electron chi connectivity index (χ3n) is 3.69. The molecule has 0 aromatic heterocycles. The topological polar surface area (TPSA) is 40.2 Å². The zero-order valence-electron chi connectivity index (χ0n) is 11.2. The summed E-state index contributed by atoms with van der Waals surface area (Å²) in [4.78, 5) is 0. The molecule has 0 radical (unpaired) electrons. The normalized spacial score (nSPS) is 26.2. The van der Waals surface area contributed by atoms with Crippen molar-refractivity contribution in [1.82, 2.24) is 0 Å². The van der Waals surface area contributed by atoms with E-state index in [1.54, 1.807) is 0 Å². The van der Waals surface area contributed by atoms with Gasteiger partial charge in [-0.2, -0.15) is 0 Å². The number of hydrogen-bond donors (Lipinski definition) is 1. The molecule has 0 aromatic carbocycles. The molecule has 1 saturated heterocycles. The molecule has 2 nitrogen and oxygen atoms in total. The van der Waals surface area contributed by atoms with Crippen LogP contribution in [0.25, 0.3) is 0 Å². The van der Waals surface area contributed by atoms with E-state index in [1.807, 2.05) is 0 Å². The van der Waals surface area contributed by atoms with E-state index in [9.17, 15) is 0 Å². The van der Waals surface area contributed by atoms with Crippen LogP contribution in [-0.4, -0.2) is 11.3 Å². The van der Waals surface area contributed by atoms with E-state index in [0.29, 0.717) is 0 Å². The Kier molecular flexibility index (Phi) is 6.92. The maximum atomic E-state index is 5.63. The van der Waals surface area contributed by atoms with Gasteiger partial charge >= 0.3 is 0 Å². The highest BCUT2D eigenvalue weighted by Gasteiger charge is 2.65. The van der Waals surface area contributed by atoms with Crippen molar-refractivity contribution >= 4 is 0 Å². The molecular formula is C13H28ClNO. The summed E-state index contributed by atoms with van der Waals surface area (Å²) in [5, 5.41) is 0. The Hall–Kier alpha value is 0.210. The summed E-state index contributed by atoms with van der Waals surface area (Å²) < 4.78 is 5.63. The summed E-state index contributed by atoms with van der Waals surface area (Å²) in [6.07, 6.45) is 10.7. The van der Waals surface area contributed by atoms with Gasteiger partial charge in [0.05, 0.1) is 0 Å². The highest BCUT2D eigenvalue weighted by molar-refractivity contribution is 5.00. The van der Waals surface area contributed by atoms with Gasteiger partial charge in [0, 0.05) is 6.42 Å². The van der Waals surface area contributed by atoms with Crippen molar-refractivity contribution in [3.05, 3.63) is 0 Å². The first-order valence-electron chi connectivity index (χ1n) is 6.57. The predicted octanol–water partition coefficient (Wildman–Crippen LogP) is -0.122. The molecule has 16 heavy (non-hydrogen) atoms. The number of unbranched alkanes of at least 4 members (excludes halogenated alkanes) is 6. The van der Waals surface area contributed by atoms with Crippen LogP contribution in [-0.2, 0) is 4.74 Å². The van der Waals surface area contributed by atoms with Crippen LogP contribution in [0.2, 0.25) is 0 Å². The lowest BCUT2D eigenvalue weighted by molar-refractivity contribution is -0.473. The number of ether oxygens (including phenoxy) is 1. The van der Waals surface area contributed by atoms with E-state index in [2.05, 4.69) is 26.5 Å². The lowest BCUT2D eigenvalue weighted by atomic mass is 9.98. The van der Waals surface area contributed by atoms with Gasteiger partial charge in [0.25, 0.3) is 0 Å². The van der Waals surface area contributed by atoms with Gasteiger partial charge in [-0.05, 0) is 20.3 Å². The molecular weight excluding hydrogens is 222 g/mol. The third kappa shape index (κ3) is 4.60. The van der Waals surface area contributed by atoms with Gasteiger partial charge in [0.1, 0.15) is 5.60 Å².